The molecule has 98 valence electrons. The molecule has 1 aliphatic heterocycles. The van der Waals surface area contributed by atoms with Crippen LogP contribution in [-0.2, 0) is 4.74 Å². The standard InChI is InChI=1S/C13H18ClN3O/c1-18-8-9-4-5-17(7-9)12-3-2-10(14)6-11(12)13(15)16/h2-3,6,9H,4-5,7-8H2,1H3,(H3,15,16). The number of anilines is 1. The number of ether oxygens (including phenoxy) is 1. The minimum atomic E-state index is 0.0580. The highest BCUT2D eigenvalue weighted by atomic mass is 35.5. The lowest BCUT2D eigenvalue weighted by molar-refractivity contribution is 0.161. The van der Waals surface area contributed by atoms with Crippen LogP contribution in [0.3, 0.4) is 0 Å². The Balaban J connectivity index is 2.21. The number of hydrogen-bond donors (Lipinski definition) is 2. The van der Waals surface area contributed by atoms with Gasteiger partial charge in [0.1, 0.15) is 5.84 Å². The fourth-order valence-corrected chi connectivity index (χ4v) is 2.60. The van der Waals surface area contributed by atoms with Gasteiger partial charge in [0.05, 0.1) is 6.61 Å². The molecule has 1 aromatic rings. The molecule has 0 spiro atoms. The topological polar surface area (TPSA) is 62.3 Å². The molecule has 5 heteroatoms. The van der Waals surface area contributed by atoms with Crippen molar-refractivity contribution in [2.24, 2.45) is 11.7 Å². The molecule has 1 aromatic carbocycles. The van der Waals surface area contributed by atoms with Gasteiger partial charge < -0.3 is 15.4 Å². The highest BCUT2D eigenvalue weighted by molar-refractivity contribution is 6.31. The molecule has 0 radical (unpaired) electrons. The number of methoxy groups -OCH3 is 1. The minimum absolute atomic E-state index is 0.0580. The molecule has 0 saturated carbocycles. The maximum atomic E-state index is 7.64. The van der Waals surface area contributed by atoms with Crippen LogP contribution >= 0.6 is 11.6 Å². The van der Waals surface area contributed by atoms with Gasteiger partial charge in [0, 0.05) is 42.4 Å². The Labute approximate surface area is 112 Å². The molecule has 3 N–H and O–H groups in total. The van der Waals surface area contributed by atoms with Crippen LogP contribution in [0.5, 0.6) is 0 Å². The molecular formula is C13H18ClN3O. The van der Waals surface area contributed by atoms with Gasteiger partial charge in [-0.15, -0.1) is 0 Å². The molecule has 0 amide bonds. The summed E-state index contributed by atoms with van der Waals surface area (Å²) in [6, 6.07) is 5.53. The number of halogens is 1. The molecule has 1 unspecified atom stereocenters. The smallest absolute Gasteiger partial charge is 0.124 e. The zero-order chi connectivity index (χ0) is 13.1. The summed E-state index contributed by atoms with van der Waals surface area (Å²) in [6.45, 7) is 2.69. The summed E-state index contributed by atoms with van der Waals surface area (Å²) in [5, 5.41) is 8.24. The predicted molar refractivity (Wildman–Crippen MR) is 74.7 cm³/mol. The molecule has 0 aliphatic carbocycles. The third-order valence-corrected chi connectivity index (χ3v) is 3.51. The summed E-state index contributed by atoms with van der Waals surface area (Å²) in [5.74, 6) is 0.605. The largest absolute Gasteiger partial charge is 0.384 e. The van der Waals surface area contributed by atoms with Crippen molar-refractivity contribution in [2.75, 3.05) is 31.7 Å². The number of rotatable bonds is 4. The van der Waals surface area contributed by atoms with E-state index in [4.69, 9.17) is 27.5 Å². The molecule has 1 aliphatic rings. The van der Waals surface area contributed by atoms with Crippen LogP contribution in [0.2, 0.25) is 5.02 Å². The Morgan fingerprint density at radius 2 is 2.39 bits per heavy atom. The first-order valence-electron chi connectivity index (χ1n) is 5.99. The van der Waals surface area contributed by atoms with Crippen molar-refractivity contribution in [3.05, 3.63) is 28.8 Å². The number of benzene rings is 1. The van der Waals surface area contributed by atoms with Gasteiger partial charge in [-0.05, 0) is 24.6 Å². The lowest BCUT2D eigenvalue weighted by Gasteiger charge is -2.22. The number of nitrogens with two attached hydrogens (primary N) is 1. The average Bonchev–Trinajstić information content (AvgIpc) is 2.78. The van der Waals surface area contributed by atoms with E-state index >= 15 is 0 Å². The number of nitrogen functional groups attached to an aromatic ring is 1. The molecule has 1 fully saturated rings. The molecule has 2 rings (SSSR count). The van der Waals surface area contributed by atoms with E-state index in [2.05, 4.69) is 4.90 Å². The van der Waals surface area contributed by atoms with Gasteiger partial charge in [-0.1, -0.05) is 11.6 Å². The minimum Gasteiger partial charge on any atom is -0.384 e. The Bertz CT molecular complexity index is 450. The number of amidine groups is 1. The van der Waals surface area contributed by atoms with E-state index in [1.807, 2.05) is 12.1 Å². The number of hydrogen-bond acceptors (Lipinski definition) is 3. The highest BCUT2D eigenvalue weighted by Crippen LogP contribution is 2.29. The fraction of sp³-hybridized carbons (Fsp3) is 0.462. The van der Waals surface area contributed by atoms with Crippen molar-refractivity contribution in [3.63, 3.8) is 0 Å². The third kappa shape index (κ3) is 2.76. The normalized spacial score (nSPS) is 19.2. The van der Waals surface area contributed by atoms with Crippen molar-refractivity contribution >= 4 is 23.1 Å². The van der Waals surface area contributed by atoms with Crippen LogP contribution < -0.4 is 10.6 Å². The van der Waals surface area contributed by atoms with Crippen LogP contribution in [0, 0.1) is 11.3 Å². The van der Waals surface area contributed by atoms with E-state index in [-0.39, 0.29) is 5.84 Å². The van der Waals surface area contributed by atoms with Crippen molar-refractivity contribution in [2.45, 2.75) is 6.42 Å². The summed E-state index contributed by atoms with van der Waals surface area (Å²) in [7, 11) is 1.73. The summed E-state index contributed by atoms with van der Waals surface area (Å²) in [5.41, 5.74) is 7.32. The molecule has 0 bridgehead atoms. The summed E-state index contributed by atoms with van der Waals surface area (Å²) >= 11 is 5.96. The molecule has 1 saturated heterocycles. The molecule has 18 heavy (non-hydrogen) atoms. The van der Waals surface area contributed by atoms with E-state index in [1.54, 1.807) is 13.2 Å². The second-order valence-electron chi connectivity index (χ2n) is 4.63. The van der Waals surface area contributed by atoms with Crippen LogP contribution in [-0.4, -0.2) is 32.6 Å². The summed E-state index contributed by atoms with van der Waals surface area (Å²) in [6.07, 6.45) is 1.10. The van der Waals surface area contributed by atoms with E-state index in [9.17, 15) is 0 Å². The second-order valence-corrected chi connectivity index (χ2v) is 5.07. The molecule has 1 heterocycles. The molecule has 1 atom stereocenters. The van der Waals surface area contributed by atoms with Gasteiger partial charge in [0.25, 0.3) is 0 Å². The van der Waals surface area contributed by atoms with Gasteiger partial charge in [-0.3, -0.25) is 5.41 Å². The first-order valence-corrected chi connectivity index (χ1v) is 6.37. The van der Waals surface area contributed by atoms with Crippen molar-refractivity contribution in [3.8, 4) is 0 Å². The summed E-state index contributed by atoms with van der Waals surface area (Å²) < 4.78 is 5.19. The Kier molecular flexibility index (Phi) is 4.09. The van der Waals surface area contributed by atoms with Crippen LogP contribution in [0.1, 0.15) is 12.0 Å². The van der Waals surface area contributed by atoms with Gasteiger partial charge in [-0.2, -0.15) is 0 Å². The maximum absolute atomic E-state index is 7.64. The first kappa shape index (κ1) is 13.2. The third-order valence-electron chi connectivity index (χ3n) is 3.28. The Hall–Kier alpha value is -1.26. The lowest BCUT2D eigenvalue weighted by Crippen LogP contribution is -2.24. The number of nitrogens with zero attached hydrogens (tertiary/aromatic N) is 1. The lowest BCUT2D eigenvalue weighted by atomic mass is 10.1. The van der Waals surface area contributed by atoms with Crippen LogP contribution in [0.25, 0.3) is 0 Å². The first-order chi connectivity index (χ1) is 8.61. The van der Waals surface area contributed by atoms with E-state index in [0.717, 1.165) is 31.8 Å². The van der Waals surface area contributed by atoms with Crippen molar-refractivity contribution in [1.82, 2.24) is 0 Å². The quantitative estimate of drug-likeness (QED) is 0.649. The van der Waals surface area contributed by atoms with Gasteiger partial charge in [0.2, 0.25) is 0 Å². The number of nitrogens with one attached hydrogen (secondary N) is 1. The van der Waals surface area contributed by atoms with Crippen LogP contribution in [0.15, 0.2) is 18.2 Å². The predicted octanol–water partition coefficient (Wildman–Crippen LogP) is 2.10. The van der Waals surface area contributed by atoms with E-state index in [1.165, 1.54) is 0 Å². The Morgan fingerprint density at radius 3 is 3.06 bits per heavy atom. The van der Waals surface area contributed by atoms with Gasteiger partial charge in [-0.25, -0.2) is 0 Å². The summed E-state index contributed by atoms with van der Waals surface area (Å²) in [4.78, 5) is 2.25. The van der Waals surface area contributed by atoms with Crippen molar-refractivity contribution < 1.29 is 4.74 Å². The average molecular weight is 268 g/mol. The fourth-order valence-electron chi connectivity index (χ4n) is 2.42. The highest BCUT2D eigenvalue weighted by Gasteiger charge is 2.24. The monoisotopic (exact) mass is 267 g/mol. The maximum Gasteiger partial charge on any atom is 0.124 e. The van der Waals surface area contributed by atoms with Gasteiger partial charge >= 0.3 is 0 Å². The zero-order valence-electron chi connectivity index (χ0n) is 10.4. The van der Waals surface area contributed by atoms with E-state index < -0.39 is 0 Å². The second kappa shape index (κ2) is 5.59. The SMILES string of the molecule is COCC1CCN(c2ccc(Cl)cc2C(=N)N)C1. The van der Waals surface area contributed by atoms with Crippen molar-refractivity contribution in [1.29, 1.82) is 5.41 Å². The zero-order valence-corrected chi connectivity index (χ0v) is 11.2. The molecule has 4 nitrogen and oxygen atoms in total. The molecule has 0 aromatic heterocycles. The Morgan fingerprint density at radius 1 is 1.61 bits per heavy atom. The van der Waals surface area contributed by atoms with Gasteiger partial charge in [0.15, 0.2) is 0 Å². The van der Waals surface area contributed by atoms with Crippen LogP contribution in [0.4, 0.5) is 5.69 Å². The van der Waals surface area contributed by atoms with E-state index in [0.29, 0.717) is 16.5 Å². The molecular weight excluding hydrogens is 250 g/mol.